The molecule has 0 bridgehead atoms. The highest BCUT2D eigenvalue weighted by Crippen LogP contribution is 2.28. The summed E-state index contributed by atoms with van der Waals surface area (Å²) in [4.78, 5) is 4.05. The highest BCUT2D eigenvalue weighted by Gasteiger charge is 2.11. The number of ether oxygens (including phenoxy) is 1. The van der Waals surface area contributed by atoms with Crippen LogP contribution in [0.25, 0.3) is 0 Å². The third-order valence-electron chi connectivity index (χ3n) is 3.91. The number of hydrogen-bond donors (Lipinski definition) is 2. The lowest BCUT2D eigenvalue weighted by Crippen LogP contribution is -2.29. The van der Waals surface area contributed by atoms with Gasteiger partial charge in [-0.2, -0.15) is 0 Å². The number of benzene rings is 1. The van der Waals surface area contributed by atoms with Crippen LogP contribution < -0.4 is 15.4 Å². The Morgan fingerprint density at radius 3 is 3.27 bits per heavy atom. The van der Waals surface area contributed by atoms with Crippen LogP contribution in [0.15, 0.2) is 36.9 Å². The molecule has 0 saturated carbocycles. The molecular weight excluding hydrogens is 276 g/mol. The topological polar surface area (TPSA) is 51.1 Å². The van der Waals surface area contributed by atoms with Crippen molar-refractivity contribution in [3.63, 3.8) is 0 Å². The Hall–Kier alpha value is -2.01. The number of anilines is 1. The van der Waals surface area contributed by atoms with Crippen LogP contribution in [0.1, 0.15) is 18.9 Å². The molecule has 0 fully saturated rings. The highest BCUT2D eigenvalue weighted by molar-refractivity contribution is 5.59. The molecule has 5 nitrogen and oxygen atoms in total. The number of aryl methyl sites for hydroxylation is 1. The van der Waals surface area contributed by atoms with Gasteiger partial charge in [0, 0.05) is 31.5 Å². The first-order valence-electron chi connectivity index (χ1n) is 8.00. The first kappa shape index (κ1) is 14.9. The molecule has 3 rings (SSSR count). The standard InChI is InChI=1S/C17H24N4O/c1-14(19-5-2-8-21-9-6-18-13-21)11-15-3-4-17-16(12-15)20-7-10-22-17/h3-4,6,9,12-14,19-20H,2,5,7-8,10-11H2,1H3. The van der Waals surface area contributed by atoms with Gasteiger partial charge in [-0.1, -0.05) is 6.07 Å². The first-order valence-corrected chi connectivity index (χ1v) is 8.00. The normalized spacial score (nSPS) is 14.8. The van der Waals surface area contributed by atoms with Crippen LogP contribution >= 0.6 is 0 Å². The summed E-state index contributed by atoms with van der Waals surface area (Å²) < 4.78 is 7.73. The molecule has 0 radical (unpaired) electrons. The van der Waals surface area contributed by atoms with Crippen molar-refractivity contribution in [2.24, 2.45) is 0 Å². The minimum atomic E-state index is 0.463. The number of nitrogens with one attached hydrogen (secondary N) is 2. The Bertz CT molecular complexity index is 582. The zero-order valence-electron chi connectivity index (χ0n) is 13.1. The molecule has 5 heteroatoms. The molecule has 22 heavy (non-hydrogen) atoms. The van der Waals surface area contributed by atoms with Crippen LogP contribution in [0.3, 0.4) is 0 Å². The van der Waals surface area contributed by atoms with Crippen LogP contribution in [0.5, 0.6) is 5.75 Å². The van der Waals surface area contributed by atoms with Gasteiger partial charge in [-0.15, -0.1) is 0 Å². The van der Waals surface area contributed by atoms with Crippen molar-refractivity contribution in [1.29, 1.82) is 0 Å². The number of rotatable bonds is 7. The molecule has 1 aromatic heterocycles. The van der Waals surface area contributed by atoms with E-state index in [0.717, 1.165) is 50.5 Å². The predicted molar refractivity (Wildman–Crippen MR) is 88.4 cm³/mol. The maximum Gasteiger partial charge on any atom is 0.142 e. The maximum atomic E-state index is 5.61. The van der Waals surface area contributed by atoms with Gasteiger partial charge >= 0.3 is 0 Å². The number of hydrogen-bond acceptors (Lipinski definition) is 4. The average Bonchev–Trinajstić information content (AvgIpc) is 3.05. The minimum absolute atomic E-state index is 0.463. The fourth-order valence-electron chi connectivity index (χ4n) is 2.77. The van der Waals surface area contributed by atoms with Gasteiger partial charge in [0.15, 0.2) is 0 Å². The Balaban J connectivity index is 1.42. The van der Waals surface area contributed by atoms with Crippen LogP contribution in [0.2, 0.25) is 0 Å². The van der Waals surface area contributed by atoms with Crippen molar-refractivity contribution < 1.29 is 4.74 Å². The number of imidazole rings is 1. The van der Waals surface area contributed by atoms with E-state index in [0.29, 0.717) is 6.04 Å². The quantitative estimate of drug-likeness (QED) is 0.770. The van der Waals surface area contributed by atoms with Gasteiger partial charge < -0.3 is 19.9 Å². The van der Waals surface area contributed by atoms with Gasteiger partial charge in [0.05, 0.1) is 12.0 Å². The van der Waals surface area contributed by atoms with Crippen molar-refractivity contribution in [3.05, 3.63) is 42.5 Å². The molecular formula is C17H24N4O. The van der Waals surface area contributed by atoms with Gasteiger partial charge in [-0.05, 0) is 44.0 Å². The molecule has 118 valence electrons. The fourth-order valence-corrected chi connectivity index (χ4v) is 2.77. The maximum absolute atomic E-state index is 5.61. The average molecular weight is 300 g/mol. The summed E-state index contributed by atoms with van der Waals surface area (Å²) in [7, 11) is 0. The predicted octanol–water partition coefficient (Wildman–Crippen LogP) is 2.30. The fraction of sp³-hybridized carbons (Fsp3) is 0.471. The molecule has 2 heterocycles. The molecule has 1 aliphatic heterocycles. The van der Waals surface area contributed by atoms with E-state index in [4.69, 9.17) is 4.74 Å². The summed E-state index contributed by atoms with van der Waals surface area (Å²) in [5.41, 5.74) is 2.46. The number of fused-ring (bicyclic) bond motifs is 1. The monoisotopic (exact) mass is 300 g/mol. The van der Waals surface area contributed by atoms with E-state index in [9.17, 15) is 0 Å². The van der Waals surface area contributed by atoms with E-state index in [2.05, 4.69) is 45.3 Å². The SMILES string of the molecule is CC(Cc1ccc2c(c1)NCCO2)NCCCn1ccnc1. The van der Waals surface area contributed by atoms with Crippen molar-refractivity contribution in [1.82, 2.24) is 14.9 Å². The summed E-state index contributed by atoms with van der Waals surface area (Å²) >= 11 is 0. The second-order valence-electron chi connectivity index (χ2n) is 5.82. The third kappa shape index (κ3) is 4.01. The van der Waals surface area contributed by atoms with Crippen molar-refractivity contribution >= 4 is 5.69 Å². The number of nitrogens with zero attached hydrogens (tertiary/aromatic N) is 2. The van der Waals surface area contributed by atoms with Gasteiger partial charge in [-0.25, -0.2) is 4.98 Å². The molecule has 1 unspecified atom stereocenters. The Morgan fingerprint density at radius 1 is 1.45 bits per heavy atom. The van der Waals surface area contributed by atoms with Crippen LogP contribution in [0.4, 0.5) is 5.69 Å². The zero-order chi connectivity index (χ0) is 15.2. The lowest BCUT2D eigenvalue weighted by molar-refractivity contribution is 0.323. The van der Waals surface area contributed by atoms with Crippen LogP contribution in [-0.4, -0.2) is 35.3 Å². The van der Waals surface area contributed by atoms with Crippen molar-refractivity contribution in [2.75, 3.05) is 25.0 Å². The highest BCUT2D eigenvalue weighted by atomic mass is 16.5. The van der Waals surface area contributed by atoms with Gasteiger partial charge in [0.1, 0.15) is 12.4 Å². The Labute approximate surface area is 131 Å². The van der Waals surface area contributed by atoms with E-state index < -0.39 is 0 Å². The van der Waals surface area contributed by atoms with Crippen molar-refractivity contribution in [2.45, 2.75) is 32.4 Å². The second-order valence-corrected chi connectivity index (χ2v) is 5.82. The molecule has 0 aliphatic carbocycles. The lowest BCUT2D eigenvalue weighted by atomic mass is 10.1. The van der Waals surface area contributed by atoms with Crippen LogP contribution in [0, 0.1) is 0 Å². The smallest absolute Gasteiger partial charge is 0.142 e. The van der Waals surface area contributed by atoms with Crippen LogP contribution in [-0.2, 0) is 13.0 Å². The van der Waals surface area contributed by atoms with E-state index >= 15 is 0 Å². The Kier molecular flexibility index (Phi) is 4.96. The first-order chi connectivity index (χ1) is 10.8. The summed E-state index contributed by atoms with van der Waals surface area (Å²) in [5.74, 6) is 0.968. The Morgan fingerprint density at radius 2 is 2.41 bits per heavy atom. The molecule has 2 aromatic rings. The van der Waals surface area contributed by atoms with E-state index in [1.165, 1.54) is 5.56 Å². The third-order valence-corrected chi connectivity index (χ3v) is 3.91. The molecule has 1 aliphatic rings. The van der Waals surface area contributed by atoms with E-state index in [-0.39, 0.29) is 0 Å². The minimum Gasteiger partial charge on any atom is -0.490 e. The van der Waals surface area contributed by atoms with Gasteiger partial charge in [0.2, 0.25) is 0 Å². The largest absolute Gasteiger partial charge is 0.490 e. The summed E-state index contributed by atoms with van der Waals surface area (Å²) in [5, 5.41) is 6.98. The summed E-state index contributed by atoms with van der Waals surface area (Å²) in [6.07, 6.45) is 7.83. The van der Waals surface area contributed by atoms with Crippen molar-refractivity contribution in [3.8, 4) is 5.75 Å². The molecule has 1 atom stereocenters. The molecule has 0 spiro atoms. The zero-order valence-corrected chi connectivity index (χ0v) is 13.1. The lowest BCUT2D eigenvalue weighted by Gasteiger charge is -2.21. The number of aromatic nitrogens is 2. The second kappa shape index (κ2) is 7.31. The molecule has 2 N–H and O–H groups in total. The van der Waals surface area contributed by atoms with Gasteiger partial charge in [0.25, 0.3) is 0 Å². The van der Waals surface area contributed by atoms with E-state index in [1.54, 1.807) is 0 Å². The summed E-state index contributed by atoms with van der Waals surface area (Å²) in [6, 6.07) is 6.90. The van der Waals surface area contributed by atoms with E-state index in [1.807, 2.05) is 18.7 Å². The molecule has 0 amide bonds. The molecule has 1 aromatic carbocycles. The summed E-state index contributed by atoms with van der Waals surface area (Å²) in [6.45, 7) is 5.91. The molecule has 0 saturated heterocycles. The van der Waals surface area contributed by atoms with Gasteiger partial charge in [-0.3, -0.25) is 0 Å².